The predicted octanol–water partition coefficient (Wildman–Crippen LogP) is 7.31. The van der Waals surface area contributed by atoms with Crippen molar-refractivity contribution in [2.24, 2.45) is 0 Å². The number of hydrogen-bond acceptors (Lipinski definition) is 4. The van der Waals surface area contributed by atoms with Crippen molar-refractivity contribution in [3.63, 3.8) is 0 Å². The molecule has 0 aliphatic carbocycles. The van der Waals surface area contributed by atoms with Gasteiger partial charge in [0.2, 0.25) is 0 Å². The number of amides is 2. The number of carbonyl (C=O) groups excluding carboxylic acids is 2. The molecule has 0 spiro atoms. The van der Waals surface area contributed by atoms with E-state index < -0.39 is 0 Å². The second-order valence-electron chi connectivity index (χ2n) is 7.53. The molecule has 4 aromatic carbocycles. The van der Waals surface area contributed by atoms with Crippen LogP contribution in [0, 0.1) is 0 Å². The summed E-state index contributed by atoms with van der Waals surface area (Å²) >= 11 is 6.83. The van der Waals surface area contributed by atoms with E-state index in [-0.39, 0.29) is 11.1 Å². The molecule has 5 rings (SSSR count). The minimum Gasteiger partial charge on any atom is -0.489 e. The quantitative estimate of drug-likeness (QED) is 0.286. The fraction of sp³-hybridized carbons (Fsp3) is 0.0370. The van der Waals surface area contributed by atoms with Gasteiger partial charge in [-0.1, -0.05) is 60.1 Å². The molecule has 0 aromatic heterocycles. The molecule has 0 N–H and O–H groups in total. The summed E-state index contributed by atoms with van der Waals surface area (Å²) in [5.41, 5.74) is 2.41. The van der Waals surface area contributed by atoms with Gasteiger partial charge in [0, 0.05) is 5.02 Å². The largest absolute Gasteiger partial charge is 0.489 e. The molecule has 0 atom stereocenters. The van der Waals surface area contributed by atoms with Crippen molar-refractivity contribution in [1.29, 1.82) is 0 Å². The molecule has 0 unspecified atom stereocenters. The number of halogens is 1. The van der Waals surface area contributed by atoms with E-state index >= 15 is 0 Å². The van der Waals surface area contributed by atoms with Crippen LogP contribution in [0.4, 0.5) is 10.5 Å². The van der Waals surface area contributed by atoms with Crippen molar-refractivity contribution < 1.29 is 14.3 Å². The molecule has 6 heteroatoms. The number of rotatable bonds is 5. The fourth-order valence-corrected chi connectivity index (χ4v) is 4.55. The van der Waals surface area contributed by atoms with Crippen molar-refractivity contribution in [2.45, 2.75) is 6.61 Å². The fourth-order valence-electron chi connectivity index (χ4n) is 3.59. The Bertz CT molecular complexity index is 1380. The summed E-state index contributed by atoms with van der Waals surface area (Å²) in [6.45, 7) is 0.462. The highest BCUT2D eigenvalue weighted by Crippen LogP contribution is 2.36. The summed E-state index contributed by atoms with van der Waals surface area (Å²) in [4.78, 5) is 26.7. The number of thioether (sulfide) groups is 1. The third kappa shape index (κ3) is 4.65. The number of benzene rings is 4. The minimum atomic E-state index is -0.344. The zero-order valence-corrected chi connectivity index (χ0v) is 19.0. The monoisotopic (exact) mass is 471 g/mol. The van der Waals surface area contributed by atoms with Crippen LogP contribution in [0.25, 0.3) is 16.8 Å². The number of fused-ring (bicyclic) bond motifs is 1. The smallest absolute Gasteiger partial charge is 0.298 e. The number of hydrogen-bond donors (Lipinski definition) is 0. The van der Waals surface area contributed by atoms with Crippen molar-refractivity contribution in [3.8, 4) is 5.75 Å². The van der Waals surface area contributed by atoms with Gasteiger partial charge < -0.3 is 4.74 Å². The van der Waals surface area contributed by atoms with E-state index in [1.807, 2.05) is 36.4 Å². The van der Waals surface area contributed by atoms with Crippen molar-refractivity contribution in [3.05, 3.63) is 112 Å². The van der Waals surface area contributed by atoms with Crippen LogP contribution in [0.15, 0.2) is 95.9 Å². The first-order valence-electron chi connectivity index (χ1n) is 10.3. The highest BCUT2D eigenvalue weighted by Gasteiger charge is 2.36. The topological polar surface area (TPSA) is 46.6 Å². The van der Waals surface area contributed by atoms with Gasteiger partial charge in [-0.3, -0.25) is 9.59 Å². The van der Waals surface area contributed by atoms with E-state index in [2.05, 4.69) is 30.3 Å². The normalized spacial score (nSPS) is 14.9. The number of imide groups is 1. The Morgan fingerprint density at radius 1 is 0.848 bits per heavy atom. The first kappa shape index (κ1) is 21.3. The van der Waals surface area contributed by atoms with E-state index in [1.54, 1.807) is 30.3 Å². The van der Waals surface area contributed by atoms with Gasteiger partial charge in [0.05, 0.1) is 10.6 Å². The van der Waals surface area contributed by atoms with Gasteiger partial charge in [0.1, 0.15) is 12.4 Å². The van der Waals surface area contributed by atoms with Crippen LogP contribution in [-0.4, -0.2) is 11.1 Å². The van der Waals surface area contributed by atoms with Gasteiger partial charge in [0.25, 0.3) is 11.1 Å². The lowest BCUT2D eigenvalue weighted by Gasteiger charge is -2.12. The molecule has 33 heavy (non-hydrogen) atoms. The van der Waals surface area contributed by atoms with Crippen molar-refractivity contribution >= 4 is 57.0 Å². The van der Waals surface area contributed by atoms with Gasteiger partial charge >= 0.3 is 0 Å². The molecule has 1 aliphatic rings. The van der Waals surface area contributed by atoms with E-state index in [4.69, 9.17) is 16.3 Å². The van der Waals surface area contributed by atoms with Crippen LogP contribution in [0.3, 0.4) is 0 Å². The molecule has 0 bridgehead atoms. The molecular formula is C27H18ClNO3S. The first-order chi connectivity index (χ1) is 16.1. The Kier molecular flexibility index (Phi) is 5.90. The maximum absolute atomic E-state index is 12.8. The Hall–Kier alpha value is -3.54. The summed E-state index contributed by atoms with van der Waals surface area (Å²) in [5.74, 6) is 0.388. The van der Waals surface area contributed by atoms with Gasteiger partial charge in [0.15, 0.2) is 0 Å². The summed E-state index contributed by atoms with van der Waals surface area (Å²) in [7, 11) is 0. The van der Waals surface area contributed by atoms with Crippen LogP contribution in [0.2, 0.25) is 5.02 Å². The SMILES string of the molecule is O=C1S/C(=C/c2ccc(OCc3ccc4ccccc4c3)cc2)C(=O)N1c1ccc(Cl)cc1. The minimum absolute atomic E-state index is 0.330. The summed E-state index contributed by atoms with van der Waals surface area (Å²) in [6, 6.07) is 28.6. The Morgan fingerprint density at radius 2 is 1.58 bits per heavy atom. The summed E-state index contributed by atoms with van der Waals surface area (Å²) in [5, 5.41) is 2.60. The lowest BCUT2D eigenvalue weighted by atomic mass is 10.1. The molecule has 2 amide bonds. The second kappa shape index (κ2) is 9.14. The first-order valence-corrected chi connectivity index (χ1v) is 11.5. The Morgan fingerprint density at radius 3 is 2.33 bits per heavy atom. The Labute approximate surface area is 200 Å². The van der Waals surface area contributed by atoms with E-state index in [0.717, 1.165) is 33.5 Å². The van der Waals surface area contributed by atoms with E-state index in [9.17, 15) is 9.59 Å². The maximum atomic E-state index is 12.8. The average molecular weight is 472 g/mol. The average Bonchev–Trinajstić information content (AvgIpc) is 3.11. The molecule has 0 radical (unpaired) electrons. The van der Waals surface area contributed by atoms with Gasteiger partial charge in [-0.05, 0) is 82.2 Å². The zero-order valence-electron chi connectivity index (χ0n) is 17.4. The molecule has 162 valence electrons. The zero-order chi connectivity index (χ0) is 22.8. The van der Waals surface area contributed by atoms with Gasteiger partial charge in [-0.15, -0.1) is 0 Å². The maximum Gasteiger partial charge on any atom is 0.298 e. The lowest BCUT2D eigenvalue weighted by Crippen LogP contribution is -2.27. The van der Waals surface area contributed by atoms with Crippen LogP contribution in [0.1, 0.15) is 11.1 Å². The van der Waals surface area contributed by atoms with Gasteiger partial charge in [-0.25, -0.2) is 4.90 Å². The van der Waals surface area contributed by atoms with Crippen molar-refractivity contribution in [1.82, 2.24) is 0 Å². The van der Waals surface area contributed by atoms with Crippen LogP contribution in [0.5, 0.6) is 5.75 Å². The van der Waals surface area contributed by atoms with Crippen LogP contribution < -0.4 is 9.64 Å². The molecule has 0 saturated carbocycles. The summed E-state index contributed by atoms with van der Waals surface area (Å²) in [6.07, 6.45) is 1.72. The molecule has 1 saturated heterocycles. The van der Waals surface area contributed by atoms with E-state index in [0.29, 0.717) is 22.2 Å². The number of nitrogens with zero attached hydrogens (tertiary/aromatic N) is 1. The number of ether oxygens (including phenoxy) is 1. The lowest BCUT2D eigenvalue weighted by molar-refractivity contribution is -0.113. The summed E-state index contributed by atoms with van der Waals surface area (Å²) < 4.78 is 5.92. The number of anilines is 1. The molecule has 1 aliphatic heterocycles. The molecule has 4 nitrogen and oxygen atoms in total. The number of carbonyl (C=O) groups is 2. The third-order valence-corrected chi connectivity index (χ3v) is 6.40. The highest BCUT2D eigenvalue weighted by atomic mass is 35.5. The standard InChI is InChI=1S/C27H18ClNO3S/c28-22-9-11-23(12-10-22)29-26(30)25(33-27(29)31)16-18-6-13-24(14-7-18)32-17-19-5-8-20-3-1-2-4-21(20)15-19/h1-16H,17H2/b25-16+. The predicted molar refractivity (Wildman–Crippen MR) is 135 cm³/mol. The Balaban J connectivity index is 1.26. The second-order valence-corrected chi connectivity index (χ2v) is 8.96. The van der Waals surface area contributed by atoms with Crippen LogP contribution in [-0.2, 0) is 11.4 Å². The molecular weight excluding hydrogens is 454 g/mol. The van der Waals surface area contributed by atoms with E-state index in [1.165, 1.54) is 10.8 Å². The molecule has 1 heterocycles. The van der Waals surface area contributed by atoms with Crippen LogP contribution >= 0.6 is 23.4 Å². The molecule has 4 aromatic rings. The molecule has 1 fully saturated rings. The highest BCUT2D eigenvalue weighted by molar-refractivity contribution is 8.19. The third-order valence-electron chi connectivity index (χ3n) is 5.28. The van der Waals surface area contributed by atoms with Gasteiger partial charge in [-0.2, -0.15) is 0 Å². The van der Waals surface area contributed by atoms with Crippen molar-refractivity contribution in [2.75, 3.05) is 4.90 Å².